The zero-order valence-electron chi connectivity index (χ0n) is 14.2. The molecule has 0 heterocycles. The van der Waals surface area contributed by atoms with Crippen LogP contribution >= 0.6 is 24.0 Å². The summed E-state index contributed by atoms with van der Waals surface area (Å²) in [4.78, 5) is 6.52. The Morgan fingerprint density at radius 1 is 1.12 bits per heavy atom. The van der Waals surface area contributed by atoms with Gasteiger partial charge in [-0.1, -0.05) is 36.4 Å². The molecule has 2 aromatic rings. The van der Waals surface area contributed by atoms with Crippen LogP contribution in [0.15, 0.2) is 53.5 Å². The summed E-state index contributed by atoms with van der Waals surface area (Å²) in [5, 5.41) is 13.1. The number of benzene rings is 2. The Hall–Kier alpha value is -1.96. The molecular weight excluding hydrogens is 417 g/mol. The highest BCUT2D eigenvalue weighted by molar-refractivity contribution is 14.0. The molecule has 0 unspecified atom stereocenters. The number of methoxy groups -OCH3 is 1. The molecule has 0 spiro atoms. The fourth-order valence-electron chi connectivity index (χ4n) is 2.13. The van der Waals surface area contributed by atoms with Crippen molar-refractivity contribution < 1.29 is 9.84 Å². The standard InChI is InChI=1S/C18H23N3O2.HI/c1-21(2)18(19-12-14-7-5-4-6-8-14)20-13-15-9-10-17(23-3)16(22)11-15;/h4-11,22H,12-13H2,1-3H3,(H,19,20);1H. The summed E-state index contributed by atoms with van der Waals surface area (Å²) in [6.45, 7) is 1.19. The van der Waals surface area contributed by atoms with Gasteiger partial charge in [-0.25, -0.2) is 4.99 Å². The van der Waals surface area contributed by atoms with Gasteiger partial charge in [-0.3, -0.25) is 0 Å². The number of hydrogen-bond donors (Lipinski definition) is 2. The Balaban J connectivity index is 0.00000288. The summed E-state index contributed by atoms with van der Waals surface area (Å²) in [6.07, 6.45) is 0. The molecule has 24 heavy (non-hydrogen) atoms. The van der Waals surface area contributed by atoms with Crippen LogP contribution in [-0.4, -0.2) is 37.2 Å². The van der Waals surface area contributed by atoms with Crippen LogP contribution in [0, 0.1) is 0 Å². The van der Waals surface area contributed by atoms with E-state index in [-0.39, 0.29) is 29.7 Å². The summed E-state index contributed by atoms with van der Waals surface area (Å²) in [5.74, 6) is 1.39. The van der Waals surface area contributed by atoms with E-state index in [1.807, 2.05) is 43.3 Å². The fourth-order valence-corrected chi connectivity index (χ4v) is 2.13. The first kappa shape index (κ1) is 20.1. The average Bonchev–Trinajstić information content (AvgIpc) is 2.55. The quantitative estimate of drug-likeness (QED) is 0.425. The second-order valence-corrected chi connectivity index (χ2v) is 5.38. The van der Waals surface area contributed by atoms with Gasteiger partial charge in [-0.15, -0.1) is 24.0 Å². The van der Waals surface area contributed by atoms with Crippen molar-refractivity contribution in [1.82, 2.24) is 10.2 Å². The molecule has 0 aromatic heterocycles. The van der Waals surface area contributed by atoms with Crippen molar-refractivity contribution in [3.8, 4) is 11.5 Å². The molecule has 0 saturated heterocycles. The van der Waals surface area contributed by atoms with Crippen molar-refractivity contribution in [2.45, 2.75) is 13.1 Å². The fraction of sp³-hybridized carbons (Fsp3) is 0.278. The maximum atomic E-state index is 9.82. The van der Waals surface area contributed by atoms with Crippen molar-refractivity contribution in [3.05, 3.63) is 59.7 Å². The normalized spacial score (nSPS) is 10.7. The molecule has 0 aliphatic heterocycles. The first-order valence-electron chi connectivity index (χ1n) is 7.45. The highest BCUT2D eigenvalue weighted by Gasteiger charge is 2.04. The van der Waals surface area contributed by atoms with Crippen molar-refractivity contribution >= 4 is 29.9 Å². The molecule has 2 aromatic carbocycles. The number of aliphatic imine (C=N–C) groups is 1. The Kier molecular flexibility index (Phi) is 8.39. The first-order valence-corrected chi connectivity index (χ1v) is 7.45. The number of nitrogens with zero attached hydrogens (tertiary/aromatic N) is 2. The minimum Gasteiger partial charge on any atom is -0.504 e. The highest BCUT2D eigenvalue weighted by atomic mass is 127. The lowest BCUT2D eigenvalue weighted by Gasteiger charge is -2.18. The van der Waals surface area contributed by atoms with Gasteiger partial charge in [0.15, 0.2) is 17.5 Å². The lowest BCUT2D eigenvalue weighted by atomic mass is 10.2. The van der Waals surface area contributed by atoms with E-state index in [1.54, 1.807) is 12.1 Å². The molecule has 0 bridgehead atoms. The van der Waals surface area contributed by atoms with Gasteiger partial charge in [0.1, 0.15) is 0 Å². The minimum absolute atomic E-state index is 0. The van der Waals surface area contributed by atoms with Gasteiger partial charge in [0.05, 0.1) is 13.7 Å². The van der Waals surface area contributed by atoms with Crippen LogP contribution in [0.4, 0.5) is 0 Å². The number of halogens is 1. The van der Waals surface area contributed by atoms with Crippen LogP contribution in [-0.2, 0) is 13.1 Å². The lowest BCUT2D eigenvalue weighted by Crippen LogP contribution is -2.36. The zero-order chi connectivity index (χ0) is 16.7. The highest BCUT2D eigenvalue weighted by Crippen LogP contribution is 2.26. The molecule has 0 atom stereocenters. The van der Waals surface area contributed by atoms with Crippen LogP contribution in [0.5, 0.6) is 11.5 Å². The second kappa shape index (κ2) is 10.0. The van der Waals surface area contributed by atoms with E-state index in [9.17, 15) is 5.11 Å². The Morgan fingerprint density at radius 3 is 2.42 bits per heavy atom. The summed E-state index contributed by atoms with van der Waals surface area (Å²) in [7, 11) is 5.43. The predicted molar refractivity (Wildman–Crippen MR) is 108 cm³/mol. The Labute approximate surface area is 160 Å². The molecule has 6 heteroatoms. The van der Waals surface area contributed by atoms with E-state index in [1.165, 1.54) is 12.7 Å². The predicted octanol–water partition coefficient (Wildman–Crippen LogP) is 3.23. The molecular formula is C18H24IN3O2. The van der Waals surface area contributed by atoms with Crippen LogP contribution in [0.25, 0.3) is 0 Å². The van der Waals surface area contributed by atoms with Gasteiger partial charge in [0.2, 0.25) is 0 Å². The van der Waals surface area contributed by atoms with E-state index in [2.05, 4.69) is 22.4 Å². The summed E-state index contributed by atoms with van der Waals surface area (Å²) >= 11 is 0. The molecule has 0 amide bonds. The maximum Gasteiger partial charge on any atom is 0.194 e. The molecule has 2 rings (SSSR count). The van der Waals surface area contributed by atoms with Gasteiger partial charge in [-0.05, 0) is 23.3 Å². The van der Waals surface area contributed by atoms with E-state index in [0.717, 1.165) is 11.5 Å². The van der Waals surface area contributed by atoms with Gasteiger partial charge in [-0.2, -0.15) is 0 Å². The molecule has 130 valence electrons. The van der Waals surface area contributed by atoms with Crippen LogP contribution in [0.1, 0.15) is 11.1 Å². The number of phenolic OH excluding ortho intramolecular Hbond substituents is 1. The largest absolute Gasteiger partial charge is 0.504 e. The lowest BCUT2D eigenvalue weighted by molar-refractivity contribution is 0.373. The zero-order valence-corrected chi connectivity index (χ0v) is 16.5. The summed E-state index contributed by atoms with van der Waals surface area (Å²) in [6, 6.07) is 15.5. The van der Waals surface area contributed by atoms with Crippen molar-refractivity contribution in [1.29, 1.82) is 0 Å². The number of guanidine groups is 1. The SMILES string of the molecule is COc1ccc(CN=C(NCc2ccccc2)N(C)C)cc1O.I. The average molecular weight is 441 g/mol. The molecule has 5 nitrogen and oxygen atoms in total. The van der Waals surface area contributed by atoms with Crippen LogP contribution < -0.4 is 10.1 Å². The van der Waals surface area contributed by atoms with Crippen molar-refractivity contribution in [2.75, 3.05) is 21.2 Å². The summed E-state index contributed by atoms with van der Waals surface area (Å²) < 4.78 is 5.04. The molecule has 0 aliphatic rings. The van der Waals surface area contributed by atoms with Gasteiger partial charge in [0.25, 0.3) is 0 Å². The third-order valence-electron chi connectivity index (χ3n) is 3.37. The first-order chi connectivity index (χ1) is 11.1. The monoisotopic (exact) mass is 441 g/mol. The van der Waals surface area contributed by atoms with E-state index in [0.29, 0.717) is 18.8 Å². The van der Waals surface area contributed by atoms with Crippen LogP contribution in [0.2, 0.25) is 0 Å². The Bertz CT molecular complexity index is 661. The van der Waals surface area contributed by atoms with Gasteiger partial charge >= 0.3 is 0 Å². The number of ether oxygens (including phenoxy) is 1. The molecule has 0 fully saturated rings. The van der Waals surface area contributed by atoms with Crippen molar-refractivity contribution in [2.24, 2.45) is 4.99 Å². The number of aromatic hydroxyl groups is 1. The van der Waals surface area contributed by atoms with Crippen LogP contribution in [0.3, 0.4) is 0 Å². The topological polar surface area (TPSA) is 57.1 Å². The number of phenols is 1. The number of rotatable bonds is 5. The smallest absolute Gasteiger partial charge is 0.194 e. The van der Waals surface area contributed by atoms with Gasteiger partial charge < -0.3 is 20.1 Å². The minimum atomic E-state index is 0. The third-order valence-corrected chi connectivity index (χ3v) is 3.37. The van der Waals surface area contributed by atoms with E-state index >= 15 is 0 Å². The van der Waals surface area contributed by atoms with E-state index < -0.39 is 0 Å². The van der Waals surface area contributed by atoms with Crippen molar-refractivity contribution in [3.63, 3.8) is 0 Å². The third kappa shape index (κ3) is 5.92. The molecule has 0 aliphatic carbocycles. The Morgan fingerprint density at radius 2 is 1.83 bits per heavy atom. The number of nitrogens with one attached hydrogen (secondary N) is 1. The molecule has 2 N–H and O–H groups in total. The maximum absolute atomic E-state index is 9.82. The van der Waals surface area contributed by atoms with Gasteiger partial charge in [0, 0.05) is 20.6 Å². The molecule has 0 radical (unpaired) electrons. The molecule has 0 saturated carbocycles. The number of hydrogen-bond acceptors (Lipinski definition) is 3. The second-order valence-electron chi connectivity index (χ2n) is 5.38. The van der Waals surface area contributed by atoms with E-state index in [4.69, 9.17) is 4.74 Å². The summed E-state index contributed by atoms with van der Waals surface area (Å²) in [5.41, 5.74) is 2.12.